The maximum absolute atomic E-state index is 5.74. The van der Waals surface area contributed by atoms with E-state index < -0.39 is 0 Å². The van der Waals surface area contributed by atoms with Crippen molar-refractivity contribution in [2.75, 3.05) is 11.1 Å². The van der Waals surface area contributed by atoms with Crippen molar-refractivity contribution < 1.29 is 0 Å². The predicted molar refractivity (Wildman–Crippen MR) is 73.3 cm³/mol. The van der Waals surface area contributed by atoms with E-state index in [-0.39, 0.29) is 0 Å². The van der Waals surface area contributed by atoms with Gasteiger partial charge in [0.15, 0.2) is 0 Å². The monoisotopic (exact) mass is 292 g/mol. The first-order valence-corrected chi connectivity index (χ1v) is 5.97. The van der Waals surface area contributed by atoms with Crippen LogP contribution in [0.15, 0.2) is 29.0 Å². The lowest BCUT2D eigenvalue weighted by atomic mass is 10.2. The molecule has 0 aliphatic rings. The molecule has 4 nitrogen and oxygen atoms in total. The highest BCUT2D eigenvalue weighted by Crippen LogP contribution is 2.25. The molecule has 0 aliphatic carbocycles. The fourth-order valence-corrected chi connectivity index (χ4v) is 1.96. The second kappa shape index (κ2) is 4.71. The molecule has 0 saturated heterocycles. The Hall–Kier alpha value is -1.62. The van der Waals surface area contributed by atoms with Gasteiger partial charge in [-0.2, -0.15) is 0 Å². The highest BCUT2D eigenvalue weighted by molar-refractivity contribution is 9.10. The van der Waals surface area contributed by atoms with Gasteiger partial charge in [0.1, 0.15) is 18.0 Å². The molecule has 88 valence electrons. The van der Waals surface area contributed by atoms with E-state index in [2.05, 4.69) is 31.2 Å². The van der Waals surface area contributed by atoms with Gasteiger partial charge in [-0.05, 0) is 37.6 Å². The first-order valence-electron chi connectivity index (χ1n) is 5.18. The number of hydrogen-bond acceptors (Lipinski definition) is 4. The zero-order valence-electron chi connectivity index (χ0n) is 9.66. The number of halogens is 1. The molecule has 1 aromatic carbocycles. The van der Waals surface area contributed by atoms with Gasteiger partial charge in [-0.25, -0.2) is 9.97 Å². The Morgan fingerprint density at radius 3 is 2.71 bits per heavy atom. The van der Waals surface area contributed by atoms with Gasteiger partial charge in [-0.15, -0.1) is 0 Å². The lowest BCUT2D eigenvalue weighted by molar-refractivity contribution is 1.14. The van der Waals surface area contributed by atoms with E-state index in [1.165, 1.54) is 6.33 Å². The minimum atomic E-state index is 0.497. The summed E-state index contributed by atoms with van der Waals surface area (Å²) in [5.41, 5.74) is 8.74. The number of hydrogen-bond donors (Lipinski definition) is 2. The number of aryl methyl sites for hydroxylation is 1. The number of nitrogens with one attached hydrogen (secondary N) is 1. The van der Waals surface area contributed by atoms with E-state index in [9.17, 15) is 0 Å². The molecule has 0 radical (unpaired) electrons. The molecule has 2 rings (SSSR count). The SMILES string of the molecule is Cc1cc(Br)ccc1Nc1ncnc(N)c1C. The Bertz CT molecular complexity index is 554. The average molecular weight is 293 g/mol. The highest BCUT2D eigenvalue weighted by Gasteiger charge is 2.06. The summed E-state index contributed by atoms with van der Waals surface area (Å²) in [7, 11) is 0. The second-order valence-corrected chi connectivity index (χ2v) is 4.73. The third-order valence-electron chi connectivity index (χ3n) is 2.56. The molecule has 0 amide bonds. The predicted octanol–water partition coefficient (Wildman–Crippen LogP) is 3.18. The molecule has 0 atom stereocenters. The van der Waals surface area contributed by atoms with Crippen LogP contribution in [0.5, 0.6) is 0 Å². The van der Waals surface area contributed by atoms with Crippen LogP contribution >= 0.6 is 15.9 Å². The molecule has 17 heavy (non-hydrogen) atoms. The zero-order valence-corrected chi connectivity index (χ0v) is 11.2. The first kappa shape index (κ1) is 11.9. The Labute approximate surface area is 108 Å². The summed E-state index contributed by atoms with van der Waals surface area (Å²) in [5.74, 6) is 1.24. The number of anilines is 3. The lowest BCUT2D eigenvalue weighted by Crippen LogP contribution is -2.02. The quantitative estimate of drug-likeness (QED) is 0.892. The minimum Gasteiger partial charge on any atom is -0.383 e. The molecular formula is C12H13BrN4. The fraction of sp³-hybridized carbons (Fsp3) is 0.167. The standard InChI is InChI=1S/C12H13BrN4/c1-7-5-9(13)3-4-10(7)17-12-8(2)11(14)15-6-16-12/h3-6H,1-2H3,(H3,14,15,16,17). The van der Waals surface area contributed by atoms with E-state index in [1.54, 1.807) is 0 Å². The second-order valence-electron chi connectivity index (χ2n) is 3.82. The van der Waals surface area contributed by atoms with Crippen LogP contribution in [0, 0.1) is 13.8 Å². The molecule has 2 aromatic rings. The molecule has 0 spiro atoms. The van der Waals surface area contributed by atoms with Gasteiger partial charge >= 0.3 is 0 Å². The van der Waals surface area contributed by atoms with Crippen molar-refractivity contribution in [3.63, 3.8) is 0 Å². The number of nitrogens with two attached hydrogens (primary N) is 1. The molecule has 0 aliphatic heterocycles. The Kier molecular flexibility index (Phi) is 3.28. The zero-order chi connectivity index (χ0) is 12.4. The van der Waals surface area contributed by atoms with Crippen LogP contribution in [0.25, 0.3) is 0 Å². The van der Waals surface area contributed by atoms with E-state index in [4.69, 9.17) is 5.73 Å². The normalized spacial score (nSPS) is 10.3. The van der Waals surface area contributed by atoms with Gasteiger partial charge in [-0.3, -0.25) is 0 Å². The van der Waals surface area contributed by atoms with Crippen molar-refractivity contribution in [2.45, 2.75) is 13.8 Å². The van der Waals surface area contributed by atoms with Crippen LogP contribution in [-0.4, -0.2) is 9.97 Å². The molecule has 1 aromatic heterocycles. The van der Waals surface area contributed by atoms with E-state index in [1.807, 2.05) is 32.0 Å². The summed E-state index contributed by atoms with van der Waals surface area (Å²) < 4.78 is 1.06. The number of nitrogens with zero attached hydrogens (tertiary/aromatic N) is 2. The highest BCUT2D eigenvalue weighted by atomic mass is 79.9. The third-order valence-corrected chi connectivity index (χ3v) is 3.06. The number of benzene rings is 1. The molecule has 5 heteroatoms. The summed E-state index contributed by atoms with van der Waals surface area (Å²) >= 11 is 3.43. The summed E-state index contributed by atoms with van der Waals surface area (Å²) in [4.78, 5) is 8.12. The molecule has 0 saturated carbocycles. The van der Waals surface area contributed by atoms with Crippen LogP contribution in [-0.2, 0) is 0 Å². The van der Waals surface area contributed by atoms with Gasteiger partial charge < -0.3 is 11.1 Å². The van der Waals surface area contributed by atoms with E-state index in [0.29, 0.717) is 5.82 Å². The van der Waals surface area contributed by atoms with Crippen LogP contribution in [0.3, 0.4) is 0 Å². The smallest absolute Gasteiger partial charge is 0.138 e. The van der Waals surface area contributed by atoms with Gasteiger partial charge in [-0.1, -0.05) is 15.9 Å². The largest absolute Gasteiger partial charge is 0.383 e. The van der Waals surface area contributed by atoms with Gasteiger partial charge in [0.25, 0.3) is 0 Å². The summed E-state index contributed by atoms with van der Waals surface area (Å²) in [5, 5.41) is 3.26. The maximum atomic E-state index is 5.74. The van der Waals surface area contributed by atoms with Crippen molar-refractivity contribution in [2.24, 2.45) is 0 Å². The summed E-state index contributed by atoms with van der Waals surface area (Å²) in [6, 6.07) is 6.02. The van der Waals surface area contributed by atoms with Crippen LogP contribution in [0.1, 0.15) is 11.1 Å². The number of nitrogen functional groups attached to an aromatic ring is 1. The van der Waals surface area contributed by atoms with Gasteiger partial charge in [0, 0.05) is 15.7 Å². The fourth-order valence-electron chi connectivity index (χ4n) is 1.48. The lowest BCUT2D eigenvalue weighted by Gasteiger charge is -2.11. The summed E-state index contributed by atoms with van der Waals surface area (Å²) in [6.07, 6.45) is 1.46. The molecule has 0 fully saturated rings. The molecule has 0 unspecified atom stereocenters. The van der Waals surface area contributed by atoms with Crippen LogP contribution in [0.2, 0.25) is 0 Å². The number of rotatable bonds is 2. The van der Waals surface area contributed by atoms with Crippen LogP contribution in [0.4, 0.5) is 17.3 Å². The molecule has 0 bridgehead atoms. The van der Waals surface area contributed by atoms with Crippen molar-refractivity contribution in [1.82, 2.24) is 9.97 Å². The van der Waals surface area contributed by atoms with Crippen molar-refractivity contribution in [3.8, 4) is 0 Å². The molecule has 1 heterocycles. The maximum Gasteiger partial charge on any atom is 0.138 e. The van der Waals surface area contributed by atoms with E-state index in [0.717, 1.165) is 27.1 Å². The van der Waals surface area contributed by atoms with E-state index >= 15 is 0 Å². The average Bonchev–Trinajstić information content (AvgIpc) is 2.28. The molecular weight excluding hydrogens is 280 g/mol. The Balaban J connectivity index is 2.35. The molecule has 3 N–H and O–H groups in total. The van der Waals surface area contributed by atoms with Crippen molar-refractivity contribution >= 4 is 33.3 Å². The Morgan fingerprint density at radius 2 is 2.00 bits per heavy atom. The van der Waals surface area contributed by atoms with Crippen molar-refractivity contribution in [1.29, 1.82) is 0 Å². The summed E-state index contributed by atoms with van der Waals surface area (Å²) in [6.45, 7) is 3.93. The minimum absolute atomic E-state index is 0.497. The van der Waals surface area contributed by atoms with Gasteiger partial charge in [0.05, 0.1) is 0 Å². The van der Waals surface area contributed by atoms with Gasteiger partial charge in [0.2, 0.25) is 0 Å². The third kappa shape index (κ3) is 2.55. The van der Waals surface area contributed by atoms with Crippen molar-refractivity contribution in [3.05, 3.63) is 40.1 Å². The first-order chi connectivity index (χ1) is 8.08. The Morgan fingerprint density at radius 1 is 1.24 bits per heavy atom. The topological polar surface area (TPSA) is 63.8 Å². The van der Waals surface area contributed by atoms with Crippen LogP contribution < -0.4 is 11.1 Å². The number of aromatic nitrogens is 2.